The molecule has 1 aromatic heterocycles. The van der Waals surface area contributed by atoms with E-state index in [9.17, 15) is 4.79 Å². The summed E-state index contributed by atoms with van der Waals surface area (Å²) < 4.78 is 13.2. The van der Waals surface area contributed by atoms with Gasteiger partial charge >= 0.3 is 5.97 Å². The SMILES string of the molecule is CCOC(=O)c1ccc(-n2sc3c(c2=S)-c2ccc(OC)cc2NC3(C)C)cc1. The third-order valence-electron chi connectivity index (χ3n) is 4.93. The molecule has 0 bridgehead atoms. The Morgan fingerprint density at radius 1 is 1.21 bits per heavy atom. The number of nitrogens with one attached hydrogen (secondary N) is 1. The highest BCUT2D eigenvalue weighted by Crippen LogP contribution is 2.48. The van der Waals surface area contributed by atoms with Crippen molar-refractivity contribution in [1.82, 2.24) is 3.96 Å². The lowest BCUT2D eigenvalue weighted by Crippen LogP contribution is -2.30. The van der Waals surface area contributed by atoms with E-state index in [1.165, 1.54) is 4.88 Å². The first-order valence-electron chi connectivity index (χ1n) is 9.36. The van der Waals surface area contributed by atoms with Gasteiger partial charge in [-0.3, -0.25) is 3.96 Å². The molecular weight excluding hydrogens is 404 g/mol. The Kier molecular flexibility index (Phi) is 4.96. The molecule has 150 valence electrons. The predicted octanol–water partition coefficient (Wildman–Crippen LogP) is 5.78. The molecule has 0 aliphatic carbocycles. The average Bonchev–Trinajstić information content (AvgIpc) is 3.06. The monoisotopic (exact) mass is 426 g/mol. The van der Waals surface area contributed by atoms with Crippen molar-refractivity contribution in [2.45, 2.75) is 26.3 Å². The molecular formula is C22H22N2O3S2. The van der Waals surface area contributed by atoms with Crippen molar-refractivity contribution in [3.05, 3.63) is 57.5 Å². The van der Waals surface area contributed by atoms with Crippen LogP contribution in [0.3, 0.4) is 0 Å². The third-order valence-corrected chi connectivity index (χ3v) is 6.91. The van der Waals surface area contributed by atoms with Crippen molar-refractivity contribution >= 4 is 35.4 Å². The Morgan fingerprint density at radius 2 is 1.93 bits per heavy atom. The minimum Gasteiger partial charge on any atom is -0.497 e. The van der Waals surface area contributed by atoms with Gasteiger partial charge in [-0.2, -0.15) is 0 Å². The molecule has 29 heavy (non-hydrogen) atoms. The number of hydrogen-bond donors (Lipinski definition) is 1. The Labute approximate surface area is 179 Å². The zero-order valence-electron chi connectivity index (χ0n) is 16.7. The number of rotatable bonds is 4. The van der Waals surface area contributed by atoms with Crippen LogP contribution in [0.1, 0.15) is 36.0 Å². The van der Waals surface area contributed by atoms with E-state index in [0.717, 1.165) is 32.9 Å². The summed E-state index contributed by atoms with van der Waals surface area (Å²) in [4.78, 5) is 13.1. The second-order valence-electron chi connectivity index (χ2n) is 7.32. The molecule has 2 heterocycles. The molecule has 1 aliphatic heterocycles. The molecule has 2 aromatic carbocycles. The summed E-state index contributed by atoms with van der Waals surface area (Å²) in [6.45, 7) is 6.45. The number of carbonyl (C=O) groups is 1. The van der Waals surface area contributed by atoms with Gasteiger partial charge in [0.25, 0.3) is 0 Å². The molecule has 0 spiro atoms. The first kappa shape index (κ1) is 19.7. The maximum Gasteiger partial charge on any atom is 0.338 e. The molecule has 4 rings (SSSR count). The Balaban J connectivity index is 1.82. The maximum atomic E-state index is 11.9. The van der Waals surface area contributed by atoms with Crippen molar-refractivity contribution in [3.8, 4) is 22.6 Å². The van der Waals surface area contributed by atoms with E-state index in [1.54, 1.807) is 37.7 Å². The van der Waals surface area contributed by atoms with E-state index >= 15 is 0 Å². The van der Waals surface area contributed by atoms with Crippen molar-refractivity contribution in [2.75, 3.05) is 19.0 Å². The minimum absolute atomic E-state index is 0.275. The van der Waals surface area contributed by atoms with Gasteiger partial charge < -0.3 is 14.8 Å². The maximum absolute atomic E-state index is 11.9. The van der Waals surface area contributed by atoms with Crippen LogP contribution >= 0.6 is 23.8 Å². The van der Waals surface area contributed by atoms with Gasteiger partial charge in [-0.05, 0) is 57.2 Å². The zero-order valence-corrected chi connectivity index (χ0v) is 18.4. The lowest BCUT2D eigenvalue weighted by atomic mass is 9.90. The third kappa shape index (κ3) is 3.34. The highest BCUT2D eigenvalue weighted by Gasteiger charge is 2.34. The second-order valence-corrected chi connectivity index (χ2v) is 8.67. The number of fused-ring (bicyclic) bond motifs is 3. The number of carbonyl (C=O) groups excluding carboxylic acids is 1. The molecule has 0 atom stereocenters. The molecule has 1 N–H and O–H groups in total. The van der Waals surface area contributed by atoms with E-state index in [0.29, 0.717) is 12.2 Å². The summed E-state index contributed by atoms with van der Waals surface area (Å²) in [5.41, 5.74) is 4.33. The second kappa shape index (κ2) is 7.31. The van der Waals surface area contributed by atoms with E-state index < -0.39 is 0 Å². The summed E-state index contributed by atoms with van der Waals surface area (Å²) in [5, 5.41) is 3.61. The summed E-state index contributed by atoms with van der Waals surface area (Å²) in [6.07, 6.45) is 0. The Morgan fingerprint density at radius 3 is 2.59 bits per heavy atom. The highest BCUT2D eigenvalue weighted by atomic mass is 32.1. The number of esters is 1. The zero-order chi connectivity index (χ0) is 20.8. The molecule has 0 amide bonds. The minimum atomic E-state index is -0.318. The highest BCUT2D eigenvalue weighted by molar-refractivity contribution is 7.71. The van der Waals surface area contributed by atoms with Gasteiger partial charge in [0, 0.05) is 22.9 Å². The van der Waals surface area contributed by atoms with E-state index in [2.05, 4.69) is 19.2 Å². The number of aromatic nitrogens is 1. The number of anilines is 1. The first-order valence-corrected chi connectivity index (χ1v) is 10.5. The molecule has 0 saturated carbocycles. The summed E-state index contributed by atoms with van der Waals surface area (Å²) in [7, 11) is 1.66. The quantitative estimate of drug-likeness (QED) is 0.423. The van der Waals surface area contributed by atoms with Crippen LogP contribution < -0.4 is 10.1 Å². The normalized spacial score (nSPS) is 13.8. The van der Waals surface area contributed by atoms with Gasteiger partial charge in [0.2, 0.25) is 0 Å². The fraction of sp³-hybridized carbons (Fsp3) is 0.273. The van der Waals surface area contributed by atoms with Gasteiger partial charge in [0.15, 0.2) is 0 Å². The number of hydrogen-bond acceptors (Lipinski definition) is 6. The Hall–Kier alpha value is -2.64. The van der Waals surface area contributed by atoms with Gasteiger partial charge in [0.1, 0.15) is 10.4 Å². The van der Waals surface area contributed by atoms with Crippen LogP contribution in [0, 0.1) is 4.64 Å². The summed E-state index contributed by atoms with van der Waals surface area (Å²) in [6, 6.07) is 13.4. The standard InChI is InChI=1S/C22H22N2O3S2/c1-5-27-21(25)13-6-8-14(9-7-13)24-20(28)18-16-11-10-15(26-4)12-17(16)23-22(2,3)19(18)29-24/h6-12,23H,5H2,1-4H3. The van der Waals surface area contributed by atoms with Crippen LogP contribution in [-0.2, 0) is 10.3 Å². The number of nitrogens with zero attached hydrogens (tertiary/aromatic N) is 1. The van der Waals surface area contributed by atoms with E-state index in [1.807, 2.05) is 34.3 Å². The van der Waals surface area contributed by atoms with Crippen molar-refractivity contribution in [1.29, 1.82) is 0 Å². The van der Waals surface area contributed by atoms with E-state index in [-0.39, 0.29) is 11.5 Å². The summed E-state index contributed by atoms with van der Waals surface area (Å²) >= 11 is 7.51. The van der Waals surface area contributed by atoms with Crippen molar-refractivity contribution in [2.24, 2.45) is 0 Å². The first-order chi connectivity index (χ1) is 13.9. The molecule has 1 aliphatic rings. The van der Waals surface area contributed by atoms with Gasteiger partial charge in [0.05, 0.1) is 35.4 Å². The van der Waals surface area contributed by atoms with E-state index in [4.69, 9.17) is 21.7 Å². The molecule has 5 nitrogen and oxygen atoms in total. The van der Waals surface area contributed by atoms with Crippen LogP contribution in [0.25, 0.3) is 16.8 Å². The lowest BCUT2D eigenvalue weighted by molar-refractivity contribution is 0.0526. The fourth-order valence-corrected chi connectivity index (χ4v) is 5.18. The van der Waals surface area contributed by atoms with Crippen LogP contribution in [0.2, 0.25) is 0 Å². The topological polar surface area (TPSA) is 52.5 Å². The number of methoxy groups -OCH3 is 1. The van der Waals surface area contributed by atoms with Crippen LogP contribution in [0.5, 0.6) is 5.75 Å². The van der Waals surface area contributed by atoms with Crippen LogP contribution in [0.15, 0.2) is 42.5 Å². The molecule has 0 fully saturated rings. The number of ether oxygens (including phenoxy) is 2. The van der Waals surface area contributed by atoms with Gasteiger partial charge in [-0.1, -0.05) is 23.8 Å². The van der Waals surface area contributed by atoms with Gasteiger partial charge in [-0.15, -0.1) is 0 Å². The average molecular weight is 427 g/mol. The molecule has 3 aromatic rings. The molecule has 0 unspecified atom stereocenters. The lowest BCUT2D eigenvalue weighted by Gasteiger charge is -2.33. The van der Waals surface area contributed by atoms with Crippen molar-refractivity contribution < 1.29 is 14.3 Å². The van der Waals surface area contributed by atoms with Crippen molar-refractivity contribution in [3.63, 3.8) is 0 Å². The largest absolute Gasteiger partial charge is 0.497 e. The number of benzene rings is 2. The molecule has 7 heteroatoms. The van der Waals surface area contributed by atoms with Gasteiger partial charge in [-0.25, -0.2) is 4.79 Å². The smallest absolute Gasteiger partial charge is 0.338 e. The fourth-order valence-electron chi connectivity index (χ4n) is 3.52. The Bertz CT molecular complexity index is 1140. The van der Waals surface area contributed by atoms with Crippen LogP contribution in [-0.4, -0.2) is 23.6 Å². The van der Waals surface area contributed by atoms with Crippen LogP contribution in [0.4, 0.5) is 5.69 Å². The summed E-state index contributed by atoms with van der Waals surface area (Å²) in [5.74, 6) is 0.486. The molecule has 0 radical (unpaired) electrons. The predicted molar refractivity (Wildman–Crippen MR) is 119 cm³/mol. The molecule has 0 saturated heterocycles.